The van der Waals surface area contributed by atoms with Crippen LogP contribution in [0.4, 0.5) is 11.4 Å². The number of amides is 2. The molecule has 0 aliphatic heterocycles. The molecule has 2 aromatic carbocycles. The molecule has 0 spiro atoms. The number of aryl methyl sites for hydroxylation is 4. The SMILES string of the molecule is Cc1cc(C)c(NC(=O)Cn2nc(-c3ccc(C)c(NC(=O)C(C)C)c3)ccc2=O)c(C)c1. The van der Waals surface area contributed by atoms with Gasteiger partial charge in [0.2, 0.25) is 11.8 Å². The lowest BCUT2D eigenvalue weighted by atomic mass is 10.1. The Balaban J connectivity index is 1.85. The molecule has 0 fully saturated rings. The number of aromatic nitrogens is 2. The molecule has 3 aromatic rings. The first kappa shape index (κ1) is 23.9. The number of nitrogens with one attached hydrogen (secondary N) is 2. The van der Waals surface area contributed by atoms with Crippen molar-refractivity contribution in [2.75, 3.05) is 10.6 Å². The fourth-order valence-electron chi connectivity index (χ4n) is 3.60. The monoisotopic (exact) mass is 446 g/mol. The summed E-state index contributed by atoms with van der Waals surface area (Å²) in [5.74, 6) is -0.551. The third kappa shape index (κ3) is 5.74. The predicted octanol–water partition coefficient (Wildman–Crippen LogP) is 4.38. The molecule has 0 atom stereocenters. The molecule has 7 nitrogen and oxygen atoms in total. The molecule has 2 amide bonds. The molecule has 2 N–H and O–H groups in total. The molecule has 0 saturated heterocycles. The quantitative estimate of drug-likeness (QED) is 0.588. The van der Waals surface area contributed by atoms with E-state index in [4.69, 9.17) is 0 Å². The molecule has 7 heteroatoms. The fourth-order valence-corrected chi connectivity index (χ4v) is 3.60. The molecule has 0 unspecified atom stereocenters. The van der Waals surface area contributed by atoms with E-state index in [9.17, 15) is 14.4 Å². The zero-order chi connectivity index (χ0) is 24.3. The van der Waals surface area contributed by atoms with Gasteiger partial charge in [0.05, 0.1) is 5.69 Å². The number of carbonyl (C=O) groups is 2. The van der Waals surface area contributed by atoms with Crippen molar-refractivity contribution < 1.29 is 9.59 Å². The Kier molecular flexibility index (Phi) is 7.11. The van der Waals surface area contributed by atoms with Crippen LogP contribution in [0.3, 0.4) is 0 Å². The number of hydrogen-bond donors (Lipinski definition) is 2. The highest BCUT2D eigenvalue weighted by molar-refractivity contribution is 5.93. The van der Waals surface area contributed by atoms with E-state index in [-0.39, 0.29) is 29.8 Å². The van der Waals surface area contributed by atoms with E-state index in [1.54, 1.807) is 6.07 Å². The zero-order valence-electron chi connectivity index (χ0n) is 19.9. The second kappa shape index (κ2) is 9.81. The number of carbonyl (C=O) groups excluding carboxylic acids is 2. The van der Waals surface area contributed by atoms with Crippen LogP contribution in [-0.4, -0.2) is 21.6 Å². The fraction of sp³-hybridized carbons (Fsp3) is 0.308. The van der Waals surface area contributed by atoms with Gasteiger partial charge in [-0.25, -0.2) is 4.68 Å². The maximum atomic E-state index is 12.7. The Morgan fingerprint density at radius 2 is 1.58 bits per heavy atom. The van der Waals surface area contributed by atoms with Gasteiger partial charge in [-0.3, -0.25) is 14.4 Å². The van der Waals surface area contributed by atoms with E-state index >= 15 is 0 Å². The van der Waals surface area contributed by atoms with Crippen molar-refractivity contribution in [3.8, 4) is 11.3 Å². The summed E-state index contributed by atoms with van der Waals surface area (Å²) in [5.41, 5.74) is 6.31. The summed E-state index contributed by atoms with van der Waals surface area (Å²) in [7, 11) is 0. The molecule has 0 radical (unpaired) electrons. The third-order valence-electron chi connectivity index (χ3n) is 5.42. The second-order valence-electron chi connectivity index (χ2n) is 8.71. The molecule has 33 heavy (non-hydrogen) atoms. The van der Waals surface area contributed by atoms with Crippen LogP contribution in [0.25, 0.3) is 11.3 Å². The summed E-state index contributed by atoms with van der Waals surface area (Å²) < 4.78 is 1.15. The molecular weight excluding hydrogens is 416 g/mol. The number of rotatable bonds is 6. The highest BCUT2D eigenvalue weighted by Gasteiger charge is 2.13. The van der Waals surface area contributed by atoms with Crippen molar-refractivity contribution in [1.82, 2.24) is 9.78 Å². The van der Waals surface area contributed by atoms with Crippen LogP contribution in [0.1, 0.15) is 36.1 Å². The van der Waals surface area contributed by atoms with Gasteiger partial charge in [-0.05, 0) is 56.5 Å². The highest BCUT2D eigenvalue weighted by atomic mass is 16.2. The van der Waals surface area contributed by atoms with Crippen LogP contribution in [0.2, 0.25) is 0 Å². The molecule has 0 bridgehead atoms. The van der Waals surface area contributed by atoms with Crippen LogP contribution >= 0.6 is 0 Å². The summed E-state index contributed by atoms with van der Waals surface area (Å²) >= 11 is 0. The Morgan fingerprint density at radius 3 is 2.21 bits per heavy atom. The normalized spacial score (nSPS) is 10.9. The van der Waals surface area contributed by atoms with E-state index < -0.39 is 0 Å². The Bertz CT molecular complexity index is 1250. The lowest BCUT2D eigenvalue weighted by Gasteiger charge is -2.14. The summed E-state index contributed by atoms with van der Waals surface area (Å²) in [6.07, 6.45) is 0. The topological polar surface area (TPSA) is 93.1 Å². The van der Waals surface area contributed by atoms with Crippen molar-refractivity contribution in [2.45, 2.75) is 48.1 Å². The first-order valence-corrected chi connectivity index (χ1v) is 10.9. The van der Waals surface area contributed by atoms with Crippen molar-refractivity contribution in [3.63, 3.8) is 0 Å². The van der Waals surface area contributed by atoms with Gasteiger partial charge in [0.15, 0.2) is 0 Å². The molecule has 3 rings (SSSR count). The first-order valence-electron chi connectivity index (χ1n) is 10.9. The van der Waals surface area contributed by atoms with E-state index in [1.807, 2.05) is 71.9 Å². The molecular formula is C26H30N4O3. The Morgan fingerprint density at radius 1 is 0.909 bits per heavy atom. The van der Waals surface area contributed by atoms with Crippen molar-refractivity contribution in [2.24, 2.45) is 5.92 Å². The van der Waals surface area contributed by atoms with Gasteiger partial charge in [-0.1, -0.05) is 43.7 Å². The molecule has 0 aliphatic carbocycles. The van der Waals surface area contributed by atoms with E-state index in [2.05, 4.69) is 15.7 Å². The van der Waals surface area contributed by atoms with E-state index in [0.717, 1.165) is 38.2 Å². The standard InChI is InChI=1S/C26H30N4O3/c1-15(2)26(33)27-22-13-20(8-7-17(22)4)21-9-10-24(32)30(29-21)14-23(31)28-25-18(5)11-16(3)12-19(25)6/h7-13,15H,14H2,1-6H3,(H,27,33)(H,28,31). The number of anilines is 2. The largest absolute Gasteiger partial charge is 0.326 e. The smallest absolute Gasteiger partial charge is 0.267 e. The molecule has 1 aromatic heterocycles. The van der Waals surface area contributed by atoms with Crippen molar-refractivity contribution in [3.05, 3.63) is 75.1 Å². The summed E-state index contributed by atoms with van der Waals surface area (Å²) in [4.78, 5) is 37.2. The predicted molar refractivity (Wildman–Crippen MR) is 131 cm³/mol. The summed E-state index contributed by atoms with van der Waals surface area (Å²) in [5, 5.41) is 10.2. The average molecular weight is 447 g/mol. The molecule has 0 saturated carbocycles. The third-order valence-corrected chi connectivity index (χ3v) is 5.42. The second-order valence-corrected chi connectivity index (χ2v) is 8.71. The van der Waals surface area contributed by atoms with Crippen molar-refractivity contribution in [1.29, 1.82) is 0 Å². The van der Waals surface area contributed by atoms with Gasteiger partial charge in [0.25, 0.3) is 5.56 Å². The van der Waals surface area contributed by atoms with E-state index in [0.29, 0.717) is 11.4 Å². The van der Waals surface area contributed by atoms with Crippen LogP contribution in [-0.2, 0) is 16.1 Å². The molecule has 172 valence electrons. The number of hydrogen-bond acceptors (Lipinski definition) is 4. The van der Waals surface area contributed by atoms with Crippen LogP contribution in [0.5, 0.6) is 0 Å². The molecule has 1 heterocycles. The Labute approximate surface area is 193 Å². The zero-order valence-corrected chi connectivity index (χ0v) is 19.9. The lowest BCUT2D eigenvalue weighted by molar-refractivity contribution is -0.119. The van der Waals surface area contributed by atoms with Crippen LogP contribution in [0, 0.1) is 33.6 Å². The van der Waals surface area contributed by atoms with Gasteiger partial charge in [-0.2, -0.15) is 5.10 Å². The first-order chi connectivity index (χ1) is 15.5. The minimum Gasteiger partial charge on any atom is -0.326 e. The minimum absolute atomic E-state index is 0.0773. The number of nitrogens with zero attached hydrogens (tertiary/aromatic N) is 2. The van der Waals surface area contributed by atoms with Gasteiger partial charge < -0.3 is 10.6 Å². The maximum Gasteiger partial charge on any atom is 0.267 e. The summed E-state index contributed by atoms with van der Waals surface area (Å²) in [6, 6.07) is 12.6. The Hall–Kier alpha value is -3.74. The molecule has 0 aliphatic rings. The summed E-state index contributed by atoms with van der Waals surface area (Å²) in [6.45, 7) is 11.2. The average Bonchev–Trinajstić information content (AvgIpc) is 2.73. The number of benzene rings is 2. The maximum absolute atomic E-state index is 12.7. The van der Waals surface area contributed by atoms with E-state index in [1.165, 1.54) is 6.07 Å². The lowest BCUT2D eigenvalue weighted by Crippen LogP contribution is -2.29. The van der Waals surface area contributed by atoms with Gasteiger partial charge in [0.1, 0.15) is 6.54 Å². The highest BCUT2D eigenvalue weighted by Crippen LogP contribution is 2.24. The van der Waals surface area contributed by atoms with Gasteiger partial charge in [0, 0.05) is 28.9 Å². The van der Waals surface area contributed by atoms with Crippen LogP contribution < -0.4 is 16.2 Å². The van der Waals surface area contributed by atoms with Crippen LogP contribution in [0.15, 0.2) is 47.3 Å². The van der Waals surface area contributed by atoms with Crippen molar-refractivity contribution >= 4 is 23.2 Å². The minimum atomic E-state index is -0.369. The van der Waals surface area contributed by atoms with Gasteiger partial charge in [-0.15, -0.1) is 0 Å². The van der Waals surface area contributed by atoms with Gasteiger partial charge >= 0.3 is 0 Å².